The molecule has 0 aromatic heterocycles. The van der Waals surface area contributed by atoms with Gasteiger partial charge in [0.1, 0.15) is 11.6 Å². The first kappa shape index (κ1) is 14.3. The average molecular weight is 293 g/mol. The van der Waals surface area contributed by atoms with E-state index < -0.39 is 5.66 Å². The molecule has 1 atom stereocenters. The van der Waals surface area contributed by atoms with E-state index >= 15 is 0 Å². The molecule has 4 nitrogen and oxygen atoms in total. The van der Waals surface area contributed by atoms with Gasteiger partial charge >= 0.3 is 0 Å². The molecule has 0 bridgehead atoms. The van der Waals surface area contributed by atoms with Crippen molar-refractivity contribution in [2.75, 3.05) is 7.11 Å². The Kier molecular flexibility index (Phi) is 3.45. The number of aliphatic imine (C=N–C) groups is 2. The summed E-state index contributed by atoms with van der Waals surface area (Å²) in [5.74, 6) is 1.35. The topological polar surface area (TPSA) is 60.0 Å². The van der Waals surface area contributed by atoms with Crippen molar-refractivity contribution in [1.29, 1.82) is 0 Å². The summed E-state index contributed by atoms with van der Waals surface area (Å²) < 4.78 is 5.29. The molecule has 0 saturated carbocycles. The quantitative estimate of drug-likeness (QED) is 0.943. The Morgan fingerprint density at radius 3 is 2.32 bits per heavy atom. The van der Waals surface area contributed by atoms with Crippen LogP contribution in [-0.2, 0) is 5.66 Å². The molecule has 0 spiro atoms. The highest BCUT2D eigenvalue weighted by molar-refractivity contribution is 6.41. The van der Waals surface area contributed by atoms with Gasteiger partial charge in [-0.05, 0) is 43.2 Å². The normalized spacial score (nSPS) is 20.5. The van der Waals surface area contributed by atoms with Crippen molar-refractivity contribution in [3.63, 3.8) is 0 Å². The second-order valence-electron chi connectivity index (χ2n) is 5.53. The van der Waals surface area contributed by atoms with Crippen molar-refractivity contribution in [3.8, 4) is 16.9 Å². The van der Waals surface area contributed by atoms with Crippen molar-refractivity contribution in [2.45, 2.75) is 19.5 Å². The lowest BCUT2D eigenvalue weighted by Crippen LogP contribution is -2.18. The Labute approximate surface area is 130 Å². The lowest BCUT2D eigenvalue weighted by Gasteiger charge is -2.18. The number of nitrogens with zero attached hydrogens (tertiary/aromatic N) is 2. The van der Waals surface area contributed by atoms with E-state index in [0.717, 1.165) is 28.2 Å². The minimum absolute atomic E-state index is 0.509. The van der Waals surface area contributed by atoms with Gasteiger partial charge in [-0.1, -0.05) is 30.3 Å². The van der Waals surface area contributed by atoms with Crippen LogP contribution < -0.4 is 10.5 Å². The van der Waals surface area contributed by atoms with E-state index in [1.54, 1.807) is 7.11 Å². The number of ether oxygens (including phenoxy) is 1. The zero-order valence-electron chi connectivity index (χ0n) is 13.0. The molecule has 1 unspecified atom stereocenters. The predicted octanol–water partition coefficient (Wildman–Crippen LogP) is 3.37. The molecular weight excluding hydrogens is 274 g/mol. The fourth-order valence-electron chi connectivity index (χ4n) is 2.65. The first-order valence-electron chi connectivity index (χ1n) is 7.19. The van der Waals surface area contributed by atoms with Crippen LogP contribution in [0.3, 0.4) is 0 Å². The van der Waals surface area contributed by atoms with Gasteiger partial charge in [-0.3, -0.25) is 4.99 Å². The molecule has 1 heterocycles. The van der Waals surface area contributed by atoms with Gasteiger partial charge in [-0.2, -0.15) is 0 Å². The van der Waals surface area contributed by atoms with Gasteiger partial charge in [-0.25, -0.2) is 4.99 Å². The highest BCUT2D eigenvalue weighted by atomic mass is 16.5. The Hall–Kier alpha value is -2.62. The zero-order chi connectivity index (χ0) is 15.7. The van der Waals surface area contributed by atoms with Crippen LogP contribution in [0.5, 0.6) is 5.75 Å². The lowest BCUT2D eigenvalue weighted by molar-refractivity contribution is 0.415. The maximum absolute atomic E-state index is 5.88. The van der Waals surface area contributed by atoms with E-state index in [9.17, 15) is 0 Å². The monoisotopic (exact) mass is 293 g/mol. The highest BCUT2D eigenvalue weighted by Gasteiger charge is 2.30. The Balaban J connectivity index is 2.04. The van der Waals surface area contributed by atoms with Crippen LogP contribution in [0.1, 0.15) is 19.4 Å². The van der Waals surface area contributed by atoms with Gasteiger partial charge in [0.2, 0.25) is 0 Å². The van der Waals surface area contributed by atoms with Crippen molar-refractivity contribution < 1.29 is 4.74 Å². The molecule has 112 valence electrons. The molecule has 2 aromatic rings. The first-order valence-corrected chi connectivity index (χ1v) is 7.19. The van der Waals surface area contributed by atoms with Crippen molar-refractivity contribution >= 4 is 11.5 Å². The predicted molar refractivity (Wildman–Crippen MR) is 90.5 cm³/mol. The second kappa shape index (κ2) is 5.30. The molecule has 0 saturated heterocycles. The molecule has 4 heteroatoms. The molecule has 0 fully saturated rings. The van der Waals surface area contributed by atoms with Crippen LogP contribution >= 0.6 is 0 Å². The fraction of sp³-hybridized carbons (Fsp3) is 0.222. The molecule has 3 rings (SSSR count). The van der Waals surface area contributed by atoms with E-state index in [1.807, 2.05) is 44.2 Å². The van der Waals surface area contributed by atoms with Crippen molar-refractivity contribution in [3.05, 3.63) is 54.1 Å². The number of nitrogens with two attached hydrogens (primary N) is 1. The molecule has 22 heavy (non-hydrogen) atoms. The molecule has 0 amide bonds. The maximum Gasteiger partial charge on any atom is 0.175 e. The zero-order valence-corrected chi connectivity index (χ0v) is 13.0. The van der Waals surface area contributed by atoms with Crippen LogP contribution in [0.25, 0.3) is 11.1 Å². The third-order valence-electron chi connectivity index (χ3n) is 3.91. The molecule has 1 aliphatic heterocycles. The molecule has 1 aliphatic rings. The van der Waals surface area contributed by atoms with Crippen LogP contribution in [0.4, 0.5) is 0 Å². The molecule has 0 aliphatic carbocycles. The third-order valence-corrected chi connectivity index (χ3v) is 3.91. The first-order chi connectivity index (χ1) is 10.5. The van der Waals surface area contributed by atoms with Gasteiger partial charge in [0.05, 0.1) is 12.8 Å². The molecule has 0 radical (unpaired) electrons. The summed E-state index contributed by atoms with van der Waals surface area (Å²) in [6.45, 7) is 3.86. The highest BCUT2D eigenvalue weighted by Crippen LogP contribution is 2.33. The molecule has 2 N–H and O–H groups in total. The minimum atomic E-state index is -0.636. The average Bonchev–Trinajstić information content (AvgIpc) is 2.81. The summed E-state index contributed by atoms with van der Waals surface area (Å²) >= 11 is 0. The summed E-state index contributed by atoms with van der Waals surface area (Å²) in [5, 5.41) is 0. The summed E-state index contributed by atoms with van der Waals surface area (Å²) in [5.41, 5.74) is 9.25. The standard InChI is InChI=1S/C18H19N3O/c1-12-17(19)21-18(2,20-12)15-8-4-6-13(10-15)14-7-5-9-16(11-14)22-3/h4-11H,1-3H3,(H2,19,21). The lowest BCUT2D eigenvalue weighted by atomic mass is 9.97. The van der Waals surface area contributed by atoms with Crippen LogP contribution in [0, 0.1) is 0 Å². The van der Waals surface area contributed by atoms with Crippen LogP contribution in [0.2, 0.25) is 0 Å². The Bertz CT molecular complexity index is 759. The Morgan fingerprint density at radius 1 is 1.00 bits per heavy atom. The van der Waals surface area contributed by atoms with Crippen LogP contribution in [0.15, 0.2) is 58.5 Å². The number of benzene rings is 2. The third kappa shape index (κ3) is 2.48. The van der Waals surface area contributed by atoms with Crippen molar-refractivity contribution in [2.24, 2.45) is 15.7 Å². The number of amidine groups is 1. The van der Waals surface area contributed by atoms with Crippen LogP contribution in [-0.4, -0.2) is 18.7 Å². The number of rotatable bonds is 3. The molecular formula is C18H19N3O. The van der Waals surface area contributed by atoms with Crippen molar-refractivity contribution in [1.82, 2.24) is 0 Å². The Morgan fingerprint density at radius 2 is 1.68 bits per heavy atom. The SMILES string of the molecule is COc1cccc(-c2cccc(C3(C)N=C(C)C(N)=N3)c2)c1. The summed E-state index contributed by atoms with van der Waals surface area (Å²) in [7, 11) is 1.67. The van der Waals surface area contributed by atoms with Gasteiger partial charge in [-0.15, -0.1) is 0 Å². The summed E-state index contributed by atoms with van der Waals surface area (Å²) in [4.78, 5) is 9.11. The number of methoxy groups -OCH3 is 1. The van der Waals surface area contributed by atoms with Gasteiger partial charge in [0, 0.05) is 5.56 Å². The van der Waals surface area contributed by atoms with E-state index in [2.05, 4.69) is 28.2 Å². The minimum Gasteiger partial charge on any atom is -0.497 e. The molecule has 2 aromatic carbocycles. The second-order valence-corrected chi connectivity index (χ2v) is 5.53. The smallest absolute Gasteiger partial charge is 0.175 e. The fourth-order valence-corrected chi connectivity index (χ4v) is 2.65. The van der Waals surface area contributed by atoms with E-state index in [0.29, 0.717) is 5.84 Å². The number of hydrogen-bond acceptors (Lipinski definition) is 4. The van der Waals surface area contributed by atoms with E-state index in [1.165, 1.54) is 0 Å². The largest absolute Gasteiger partial charge is 0.497 e. The van der Waals surface area contributed by atoms with Gasteiger partial charge in [0.25, 0.3) is 0 Å². The van der Waals surface area contributed by atoms with E-state index in [4.69, 9.17) is 10.5 Å². The van der Waals surface area contributed by atoms with Gasteiger partial charge < -0.3 is 10.5 Å². The number of hydrogen-bond donors (Lipinski definition) is 1. The summed E-state index contributed by atoms with van der Waals surface area (Å²) in [6, 6.07) is 16.2. The maximum atomic E-state index is 5.88. The summed E-state index contributed by atoms with van der Waals surface area (Å²) in [6.07, 6.45) is 0. The van der Waals surface area contributed by atoms with Gasteiger partial charge in [0.15, 0.2) is 5.66 Å². The van der Waals surface area contributed by atoms with E-state index in [-0.39, 0.29) is 0 Å².